The monoisotopic (exact) mass is 211 g/mol. The van der Waals surface area contributed by atoms with Gasteiger partial charge in [0.05, 0.1) is 13.3 Å². The van der Waals surface area contributed by atoms with Gasteiger partial charge in [-0.25, -0.2) is 0 Å². The van der Waals surface area contributed by atoms with E-state index in [-0.39, 0.29) is 19.3 Å². The summed E-state index contributed by atoms with van der Waals surface area (Å²) >= 11 is 0. The standard InChI is InChI=1S/C12H18FNO/c13-7-4-8-14-12(10-15)9-11-5-2-1-3-6-11/h1-3,5-6,12,14-15H,4,7-10H2. The maximum atomic E-state index is 11.9. The van der Waals surface area contributed by atoms with Crippen molar-refractivity contribution in [2.24, 2.45) is 0 Å². The molecule has 0 saturated carbocycles. The van der Waals surface area contributed by atoms with E-state index in [1.165, 1.54) is 5.56 Å². The van der Waals surface area contributed by atoms with Crippen molar-refractivity contribution in [3.63, 3.8) is 0 Å². The highest BCUT2D eigenvalue weighted by atomic mass is 19.1. The summed E-state index contributed by atoms with van der Waals surface area (Å²) in [6, 6.07) is 10.0. The topological polar surface area (TPSA) is 32.3 Å². The smallest absolute Gasteiger partial charge is 0.0906 e. The Hall–Kier alpha value is -0.930. The molecule has 2 N–H and O–H groups in total. The average Bonchev–Trinajstić information content (AvgIpc) is 2.29. The Balaban J connectivity index is 2.33. The van der Waals surface area contributed by atoms with Gasteiger partial charge in [0.15, 0.2) is 0 Å². The molecule has 0 aromatic heterocycles. The van der Waals surface area contributed by atoms with Crippen molar-refractivity contribution in [2.75, 3.05) is 19.8 Å². The van der Waals surface area contributed by atoms with Crippen LogP contribution in [-0.2, 0) is 6.42 Å². The minimum Gasteiger partial charge on any atom is -0.395 e. The zero-order valence-corrected chi connectivity index (χ0v) is 8.82. The lowest BCUT2D eigenvalue weighted by Crippen LogP contribution is -2.35. The lowest BCUT2D eigenvalue weighted by atomic mass is 10.1. The van der Waals surface area contributed by atoms with Crippen LogP contribution < -0.4 is 5.32 Å². The largest absolute Gasteiger partial charge is 0.395 e. The molecule has 1 rings (SSSR count). The summed E-state index contributed by atoms with van der Waals surface area (Å²) in [5.41, 5.74) is 1.18. The molecule has 0 spiro atoms. The van der Waals surface area contributed by atoms with E-state index >= 15 is 0 Å². The van der Waals surface area contributed by atoms with Crippen LogP contribution in [0.5, 0.6) is 0 Å². The van der Waals surface area contributed by atoms with Crippen molar-refractivity contribution in [3.05, 3.63) is 35.9 Å². The first-order chi connectivity index (χ1) is 7.36. The summed E-state index contributed by atoms with van der Waals surface area (Å²) in [7, 11) is 0. The van der Waals surface area contributed by atoms with Gasteiger partial charge in [-0.05, 0) is 24.9 Å². The van der Waals surface area contributed by atoms with E-state index in [0.717, 1.165) is 6.42 Å². The number of alkyl halides is 1. The second-order valence-corrected chi connectivity index (χ2v) is 3.57. The van der Waals surface area contributed by atoms with Crippen LogP contribution in [0.3, 0.4) is 0 Å². The predicted molar refractivity (Wildman–Crippen MR) is 59.6 cm³/mol. The van der Waals surface area contributed by atoms with Crippen LogP contribution >= 0.6 is 0 Å². The van der Waals surface area contributed by atoms with E-state index in [9.17, 15) is 4.39 Å². The van der Waals surface area contributed by atoms with Crippen LogP contribution in [0.1, 0.15) is 12.0 Å². The summed E-state index contributed by atoms with van der Waals surface area (Å²) in [5, 5.41) is 12.3. The van der Waals surface area contributed by atoms with Gasteiger partial charge in [-0.15, -0.1) is 0 Å². The number of hydrogen-bond acceptors (Lipinski definition) is 2. The summed E-state index contributed by atoms with van der Waals surface area (Å²) < 4.78 is 11.9. The van der Waals surface area contributed by atoms with Crippen LogP contribution in [-0.4, -0.2) is 31.0 Å². The molecule has 0 aliphatic carbocycles. The van der Waals surface area contributed by atoms with Gasteiger partial charge in [0.25, 0.3) is 0 Å². The van der Waals surface area contributed by atoms with E-state index in [2.05, 4.69) is 5.32 Å². The lowest BCUT2D eigenvalue weighted by Gasteiger charge is -2.15. The first-order valence-corrected chi connectivity index (χ1v) is 5.31. The molecule has 1 aromatic rings. The van der Waals surface area contributed by atoms with Crippen LogP contribution in [0.2, 0.25) is 0 Å². The van der Waals surface area contributed by atoms with Gasteiger partial charge in [0.1, 0.15) is 0 Å². The molecule has 2 nitrogen and oxygen atoms in total. The Bertz CT molecular complexity index is 253. The first-order valence-electron chi connectivity index (χ1n) is 5.31. The van der Waals surface area contributed by atoms with Crippen molar-refractivity contribution in [1.29, 1.82) is 0 Å². The molecule has 0 bridgehead atoms. The molecule has 0 amide bonds. The van der Waals surface area contributed by atoms with Gasteiger partial charge in [-0.3, -0.25) is 4.39 Å². The van der Waals surface area contributed by atoms with Crippen LogP contribution in [0.4, 0.5) is 4.39 Å². The molecule has 0 heterocycles. The fourth-order valence-electron chi connectivity index (χ4n) is 1.47. The van der Waals surface area contributed by atoms with Crippen LogP contribution in [0, 0.1) is 0 Å². The third-order valence-corrected chi connectivity index (χ3v) is 2.29. The Morgan fingerprint density at radius 2 is 2.00 bits per heavy atom. The van der Waals surface area contributed by atoms with Crippen LogP contribution in [0.25, 0.3) is 0 Å². The summed E-state index contributed by atoms with van der Waals surface area (Å²) in [6.45, 7) is 0.395. The first kappa shape index (κ1) is 12.1. The van der Waals surface area contributed by atoms with Crippen LogP contribution in [0.15, 0.2) is 30.3 Å². The van der Waals surface area contributed by atoms with Gasteiger partial charge in [0, 0.05) is 6.04 Å². The van der Waals surface area contributed by atoms with E-state index in [4.69, 9.17) is 5.11 Å². The molecule has 1 aromatic carbocycles. The lowest BCUT2D eigenvalue weighted by molar-refractivity contribution is 0.240. The van der Waals surface area contributed by atoms with E-state index < -0.39 is 0 Å². The van der Waals surface area contributed by atoms with Gasteiger partial charge in [0.2, 0.25) is 0 Å². The average molecular weight is 211 g/mol. The summed E-state index contributed by atoms with van der Waals surface area (Å²) in [6.07, 6.45) is 1.29. The molecule has 15 heavy (non-hydrogen) atoms. The molecular formula is C12H18FNO. The number of rotatable bonds is 7. The highest BCUT2D eigenvalue weighted by molar-refractivity contribution is 5.15. The third kappa shape index (κ3) is 4.91. The molecule has 1 atom stereocenters. The van der Waals surface area contributed by atoms with E-state index in [1.807, 2.05) is 30.3 Å². The number of halogens is 1. The van der Waals surface area contributed by atoms with Gasteiger partial charge < -0.3 is 10.4 Å². The minimum atomic E-state index is -0.309. The van der Waals surface area contributed by atoms with Crippen molar-refractivity contribution in [1.82, 2.24) is 5.32 Å². The SMILES string of the molecule is OCC(Cc1ccccc1)NCCCF. The molecule has 0 aliphatic rings. The van der Waals surface area contributed by atoms with Gasteiger partial charge in [-0.2, -0.15) is 0 Å². The minimum absolute atomic E-state index is 0.0268. The van der Waals surface area contributed by atoms with Crippen molar-refractivity contribution in [2.45, 2.75) is 18.9 Å². The van der Waals surface area contributed by atoms with E-state index in [1.54, 1.807) is 0 Å². The quantitative estimate of drug-likeness (QED) is 0.670. The molecule has 0 fully saturated rings. The molecular weight excluding hydrogens is 193 g/mol. The summed E-state index contributed by atoms with van der Waals surface area (Å²) in [5.74, 6) is 0. The molecule has 1 unspecified atom stereocenters. The third-order valence-electron chi connectivity index (χ3n) is 2.29. The maximum absolute atomic E-state index is 11.9. The Labute approximate surface area is 90.1 Å². The van der Waals surface area contributed by atoms with Crippen molar-refractivity contribution in [3.8, 4) is 0 Å². The van der Waals surface area contributed by atoms with Gasteiger partial charge in [-0.1, -0.05) is 30.3 Å². The zero-order chi connectivity index (χ0) is 10.9. The molecule has 0 radical (unpaired) electrons. The zero-order valence-electron chi connectivity index (χ0n) is 8.82. The highest BCUT2D eigenvalue weighted by Crippen LogP contribution is 2.02. The van der Waals surface area contributed by atoms with Gasteiger partial charge >= 0.3 is 0 Å². The fraction of sp³-hybridized carbons (Fsp3) is 0.500. The second-order valence-electron chi connectivity index (χ2n) is 3.57. The number of hydrogen-bond donors (Lipinski definition) is 2. The Kier molecular flexibility index (Phi) is 5.97. The number of nitrogens with one attached hydrogen (secondary N) is 1. The summed E-state index contributed by atoms with van der Waals surface area (Å²) in [4.78, 5) is 0. The molecule has 84 valence electrons. The van der Waals surface area contributed by atoms with Crippen molar-refractivity contribution >= 4 is 0 Å². The maximum Gasteiger partial charge on any atom is 0.0906 e. The Morgan fingerprint density at radius 3 is 2.60 bits per heavy atom. The number of aliphatic hydroxyl groups excluding tert-OH is 1. The predicted octanol–water partition coefficient (Wildman–Crippen LogP) is 1.54. The number of aliphatic hydroxyl groups is 1. The fourth-order valence-corrected chi connectivity index (χ4v) is 1.47. The number of benzene rings is 1. The normalized spacial score (nSPS) is 12.7. The molecule has 3 heteroatoms. The Morgan fingerprint density at radius 1 is 1.27 bits per heavy atom. The van der Waals surface area contributed by atoms with E-state index in [0.29, 0.717) is 13.0 Å². The van der Waals surface area contributed by atoms with Crippen molar-refractivity contribution < 1.29 is 9.50 Å². The highest BCUT2D eigenvalue weighted by Gasteiger charge is 2.06. The second kappa shape index (κ2) is 7.37. The molecule has 0 aliphatic heterocycles. The molecule has 0 saturated heterocycles.